The molecule has 0 bridgehead atoms. The zero-order chi connectivity index (χ0) is 10.8. The van der Waals surface area contributed by atoms with Gasteiger partial charge in [-0.2, -0.15) is 0 Å². The largest absolute Gasteiger partial charge is 0.494 e. The third kappa shape index (κ3) is 2.36. The van der Waals surface area contributed by atoms with E-state index in [0.717, 1.165) is 0 Å². The number of alkyl carbamates (subject to hydrolysis) is 1. The van der Waals surface area contributed by atoms with Crippen LogP contribution >= 0.6 is 12.4 Å². The van der Waals surface area contributed by atoms with E-state index >= 15 is 0 Å². The van der Waals surface area contributed by atoms with E-state index in [9.17, 15) is 9.18 Å². The third-order valence-corrected chi connectivity index (χ3v) is 2.25. The Morgan fingerprint density at radius 1 is 1.56 bits per heavy atom. The number of carbonyl (C=O) groups is 1. The van der Waals surface area contributed by atoms with Crippen LogP contribution < -0.4 is 10.1 Å². The van der Waals surface area contributed by atoms with Crippen LogP contribution in [0.25, 0.3) is 0 Å². The highest BCUT2D eigenvalue weighted by atomic mass is 35.5. The van der Waals surface area contributed by atoms with Crippen LogP contribution in [-0.2, 0) is 4.74 Å². The Labute approximate surface area is 98.1 Å². The van der Waals surface area contributed by atoms with Gasteiger partial charge in [-0.25, -0.2) is 9.18 Å². The van der Waals surface area contributed by atoms with Gasteiger partial charge in [0.15, 0.2) is 11.6 Å². The summed E-state index contributed by atoms with van der Waals surface area (Å²) in [5, 5.41) is 2.57. The number of benzene rings is 1. The molecule has 2 rings (SSSR count). The lowest BCUT2D eigenvalue weighted by Gasteiger charge is -2.09. The molecule has 4 nitrogen and oxygen atoms in total. The van der Waals surface area contributed by atoms with Crippen LogP contribution in [0.1, 0.15) is 11.6 Å². The van der Waals surface area contributed by atoms with Crippen LogP contribution in [0.4, 0.5) is 9.18 Å². The first-order chi connectivity index (χ1) is 7.20. The first-order valence-electron chi connectivity index (χ1n) is 4.47. The number of methoxy groups -OCH3 is 1. The maximum absolute atomic E-state index is 13.3. The first kappa shape index (κ1) is 12.6. The fraction of sp³-hybridized carbons (Fsp3) is 0.300. The average Bonchev–Trinajstić information content (AvgIpc) is 2.65. The number of hydrogen-bond acceptors (Lipinski definition) is 3. The molecule has 1 aromatic rings. The van der Waals surface area contributed by atoms with Crippen molar-refractivity contribution in [1.29, 1.82) is 0 Å². The van der Waals surface area contributed by atoms with Crippen molar-refractivity contribution in [3.63, 3.8) is 0 Å². The Kier molecular flexibility index (Phi) is 3.95. The van der Waals surface area contributed by atoms with Gasteiger partial charge in [-0.05, 0) is 17.7 Å². The molecule has 0 aromatic heterocycles. The standard InChI is InChI=1S/C10H10FNO3.ClH/c1-14-9-3-2-6(4-7(9)11)8-5-15-10(13)12-8;/h2-4,8H,5H2,1H3,(H,12,13);1H/t8-;/m0./s1. The van der Waals surface area contributed by atoms with E-state index in [4.69, 9.17) is 9.47 Å². The number of ether oxygens (including phenoxy) is 2. The molecule has 88 valence electrons. The van der Waals surface area contributed by atoms with Crippen molar-refractivity contribution in [2.75, 3.05) is 13.7 Å². The molecule has 1 aliphatic rings. The van der Waals surface area contributed by atoms with Crippen LogP contribution in [0.3, 0.4) is 0 Å². The maximum atomic E-state index is 13.3. The second kappa shape index (κ2) is 5.03. The average molecular weight is 248 g/mol. The molecule has 1 aromatic carbocycles. The van der Waals surface area contributed by atoms with Gasteiger partial charge in [0.1, 0.15) is 6.61 Å². The number of halogens is 2. The molecule has 1 heterocycles. The van der Waals surface area contributed by atoms with Crippen molar-refractivity contribution >= 4 is 18.5 Å². The van der Waals surface area contributed by atoms with Gasteiger partial charge in [-0.1, -0.05) is 6.07 Å². The lowest BCUT2D eigenvalue weighted by Crippen LogP contribution is -2.18. The van der Waals surface area contributed by atoms with Gasteiger partial charge in [0, 0.05) is 0 Å². The fourth-order valence-electron chi connectivity index (χ4n) is 1.46. The summed E-state index contributed by atoms with van der Waals surface area (Å²) in [4.78, 5) is 10.8. The number of hydrogen-bond donors (Lipinski definition) is 1. The number of rotatable bonds is 2. The van der Waals surface area contributed by atoms with Gasteiger partial charge in [0.25, 0.3) is 0 Å². The summed E-state index contributed by atoms with van der Waals surface area (Å²) in [7, 11) is 1.40. The van der Waals surface area contributed by atoms with E-state index < -0.39 is 11.9 Å². The first-order valence-corrected chi connectivity index (χ1v) is 4.47. The molecule has 0 radical (unpaired) electrons. The van der Waals surface area contributed by atoms with Crippen LogP contribution in [0.15, 0.2) is 18.2 Å². The summed E-state index contributed by atoms with van der Waals surface area (Å²) in [6, 6.07) is 4.27. The molecule has 6 heteroatoms. The summed E-state index contributed by atoms with van der Waals surface area (Å²) < 4.78 is 22.8. The molecule has 0 unspecified atom stereocenters. The Morgan fingerprint density at radius 3 is 2.81 bits per heavy atom. The van der Waals surface area contributed by atoms with Crippen molar-refractivity contribution < 1.29 is 18.7 Å². The molecule has 1 N–H and O–H groups in total. The Balaban J connectivity index is 0.00000128. The van der Waals surface area contributed by atoms with Gasteiger partial charge in [-0.15, -0.1) is 12.4 Å². The lowest BCUT2D eigenvalue weighted by molar-refractivity contribution is 0.177. The molecule has 0 spiro atoms. The quantitative estimate of drug-likeness (QED) is 0.870. The molecule has 1 amide bonds. The van der Waals surface area contributed by atoms with Crippen LogP contribution in [0.2, 0.25) is 0 Å². The third-order valence-electron chi connectivity index (χ3n) is 2.25. The van der Waals surface area contributed by atoms with Gasteiger partial charge < -0.3 is 14.8 Å². The number of amides is 1. The Morgan fingerprint density at radius 2 is 2.31 bits per heavy atom. The second-order valence-corrected chi connectivity index (χ2v) is 3.19. The highest BCUT2D eigenvalue weighted by Gasteiger charge is 2.24. The van der Waals surface area contributed by atoms with Gasteiger partial charge >= 0.3 is 6.09 Å². The zero-order valence-corrected chi connectivity index (χ0v) is 9.34. The molecule has 1 saturated heterocycles. The maximum Gasteiger partial charge on any atom is 0.407 e. The minimum Gasteiger partial charge on any atom is -0.494 e. The summed E-state index contributed by atoms with van der Waals surface area (Å²) >= 11 is 0. The lowest BCUT2D eigenvalue weighted by atomic mass is 10.1. The van der Waals surface area contributed by atoms with Crippen molar-refractivity contribution in [2.24, 2.45) is 0 Å². The molecule has 1 fully saturated rings. The molecule has 0 aliphatic carbocycles. The van der Waals surface area contributed by atoms with E-state index in [-0.39, 0.29) is 30.8 Å². The SMILES string of the molecule is COc1ccc([C@@H]2COC(=O)N2)cc1F.Cl. The molecule has 0 saturated carbocycles. The number of carbonyl (C=O) groups excluding carboxylic acids is 1. The van der Waals surface area contributed by atoms with Gasteiger partial charge in [0.2, 0.25) is 0 Å². The summed E-state index contributed by atoms with van der Waals surface area (Å²) in [5.41, 5.74) is 0.666. The molecular formula is C10H11ClFNO3. The van der Waals surface area contributed by atoms with E-state index in [0.29, 0.717) is 5.56 Å². The van der Waals surface area contributed by atoms with Crippen molar-refractivity contribution in [3.05, 3.63) is 29.6 Å². The summed E-state index contributed by atoms with van der Waals surface area (Å²) in [6.07, 6.45) is -0.476. The zero-order valence-electron chi connectivity index (χ0n) is 8.53. The van der Waals surface area contributed by atoms with Crippen molar-refractivity contribution in [2.45, 2.75) is 6.04 Å². The van der Waals surface area contributed by atoms with Gasteiger partial charge in [0.05, 0.1) is 13.2 Å². The van der Waals surface area contributed by atoms with Crippen LogP contribution in [-0.4, -0.2) is 19.8 Å². The monoisotopic (exact) mass is 247 g/mol. The normalized spacial score (nSPS) is 18.4. The van der Waals surface area contributed by atoms with E-state index in [1.807, 2.05) is 0 Å². The highest BCUT2D eigenvalue weighted by Crippen LogP contribution is 2.23. The van der Waals surface area contributed by atoms with Crippen LogP contribution in [0.5, 0.6) is 5.75 Å². The minimum absolute atomic E-state index is 0. The predicted octanol–water partition coefficient (Wildman–Crippen LogP) is 2.04. The molecule has 1 atom stereocenters. The van der Waals surface area contributed by atoms with Crippen molar-refractivity contribution in [3.8, 4) is 5.75 Å². The summed E-state index contributed by atoms with van der Waals surface area (Å²) in [5.74, 6) is -0.264. The van der Waals surface area contributed by atoms with Crippen molar-refractivity contribution in [1.82, 2.24) is 5.32 Å². The van der Waals surface area contributed by atoms with E-state index in [1.165, 1.54) is 19.2 Å². The van der Waals surface area contributed by atoms with E-state index in [2.05, 4.69) is 5.32 Å². The fourth-order valence-corrected chi connectivity index (χ4v) is 1.46. The number of nitrogens with one attached hydrogen (secondary N) is 1. The molecule has 1 aliphatic heterocycles. The Hall–Kier alpha value is -1.49. The topological polar surface area (TPSA) is 47.6 Å². The molecule has 16 heavy (non-hydrogen) atoms. The van der Waals surface area contributed by atoms with E-state index in [1.54, 1.807) is 6.07 Å². The molecular weight excluding hydrogens is 237 g/mol. The predicted molar refractivity (Wildman–Crippen MR) is 57.4 cm³/mol. The highest BCUT2D eigenvalue weighted by molar-refractivity contribution is 5.85. The minimum atomic E-state index is -0.476. The van der Waals surface area contributed by atoms with Crippen LogP contribution in [0, 0.1) is 5.82 Å². The smallest absolute Gasteiger partial charge is 0.407 e. The number of cyclic esters (lactones) is 1. The Bertz CT molecular complexity index is 400. The second-order valence-electron chi connectivity index (χ2n) is 3.19. The summed E-state index contributed by atoms with van der Waals surface area (Å²) in [6.45, 7) is 0.227. The van der Waals surface area contributed by atoms with Gasteiger partial charge in [-0.3, -0.25) is 0 Å².